The summed E-state index contributed by atoms with van der Waals surface area (Å²) in [7, 11) is -4.21. The van der Waals surface area contributed by atoms with Crippen LogP contribution in [0.4, 0.5) is 10.1 Å². The molecule has 2 amide bonds. The maximum absolute atomic E-state index is 15.1. The van der Waals surface area contributed by atoms with E-state index in [0.717, 1.165) is 15.4 Å². The van der Waals surface area contributed by atoms with Crippen molar-refractivity contribution in [3.05, 3.63) is 132 Å². The van der Waals surface area contributed by atoms with E-state index in [1.807, 2.05) is 70.2 Å². The van der Waals surface area contributed by atoms with Gasteiger partial charge in [0.2, 0.25) is 11.8 Å². The molecule has 4 aromatic carbocycles. The molecule has 2 atom stereocenters. The van der Waals surface area contributed by atoms with Gasteiger partial charge in [-0.1, -0.05) is 99.6 Å². The second-order valence-electron chi connectivity index (χ2n) is 11.7. The van der Waals surface area contributed by atoms with Crippen molar-refractivity contribution < 1.29 is 22.4 Å². The first-order valence-electron chi connectivity index (χ1n) is 15.6. The molecule has 9 heteroatoms. The summed E-state index contributed by atoms with van der Waals surface area (Å²) in [6.07, 6.45) is 0.818. The Kier molecular flexibility index (Phi) is 11.7. The maximum atomic E-state index is 15.1. The van der Waals surface area contributed by atoms with Crippen LogP contribution in [0.5, 0.6) is 0 Å². The number of rotatable bonds is 14. The quantitative estimate of drug-likeness (QED) is 0.166. The van der Waals surface area contributed by atoms with Crippen molar-refractivity contribution in [2.75, 3.05) is 10.8 Å². The van der Waals surface area contributed by atoms with Gasteiger partial charge in [0.15, 0.2) is 0 Å². The number of halogens is 1. The molecule has 1 N–H and O–H groups in total. The first-order valence-corrected chi connectivity index (χ1v) is 17.0. The Bertz CT molecular complexity index is 1700. The van der Waals surface area contributed by atoms with Gasteiger partial charge in [0.05, 0.1) is 10.6 Å². The summed E-state index contributed by atoms with van der Waals surface area (Å²) in [6.45, 7) is 7.05. The van der Waals surface area contributed by atoms with E-state index in [1.165, 1.54) is 23.1 Å². The smallest absolute Gasteiger partial charge is 0.264 e. The van der Waals surface area contributed by atoms with Gasteiger partial charge in [-0.05, 0) is 60.7 Å². The highest BCUT2D eigenvalue weighted by molar-refractivity contribution is 7.92. The molecule has 0 aromatic heterocycles. The van der Waals surface area contributed by atoms with Crippen molar-refractivity contribution in [2.24, 2.45) is 0 Å². The number of anilines is 1. The number of amides is 2. The Balaban J connectivity index is 1.82. The molecule has 0 saturated carbocycles. The summed E-state index contributed by atoms with van der Waals surface area (Å²) in [4.78, 5) is 29.7. The van der Waals surface area contributed by atoms with E-state index in [-0.39, 0.29) is 35.4 Å². The van der Waals surface area contributed by atoms with E-state index in [1.54, 1.807) is 48.5 Å². The number of hydrogen-bond donors (Lipinski definition) is 1. The largest absolute Gasteiger partial charge is 0.352 e. The van der Waals surface area contributed by atoms with Crippen LogP contribution in [0.1, 0.15) is 56.7 Å². The van der Waals surface area contributed by atoms with Crippen LogP contribution in [0.3, 0.4) is 0 Å². The average Bonchev–Trinajstić information content (AvgIpc) is 3.06. The molecule has 0 aliphatic heterocycles. The van der Waals surface area contributed by atoms with Gasteiger partial charge in [-0.25, -0.2) is 12.8 Å². The van der Waals surface area contributed by atoms with Crippen LogP contribution in [0, 0.1) is 5.82 Å². The number of nitrogens with one attached hydrogen (secondary N) is 1. The molecule has 46 heavy (non-hydrogen) atoms. The lowest BCUT2D eigenvalue weighted by atomic mass is 10.0. The molecule has 7 nitrogen and oxygen atoms in total. The predicted molar refractivity (Wildman–Crippen MR) is 180 cm³/mol. The molecule has 242 valence electrons. The predicted octanol–water partition coefficient (Wildman–Crippen LogP) is 6.70. The highest BCUT2D eigenvalue weighted by Gasteiger charge is 2.35. The first kappa shape index (κ1) is 34.4. The van der Waals surface area contributed by atoms with Crippen LogP contribution >= 0.6 is 0 Å². The number of carbonyl (C=O) groups excluding carboxylic acids is 2. The third kappa shape index (κ3) is 8.60. The zero-order chi connectivity index (χ0) is 33.3. The monoisotopic (exact) mass is 643 g/mol. The molecule has 0 aliphatic rings. The van der Waals surface area contributed by atoms with Crippen molar-refractivity contribution in [3.8, 4) is 0 Å². The second kappa shape index (κ2) is 15.7. The summed E-state index contributed by atoms with van der Waals surface area (Å²) in [5.41, 5.74) is 2.33. The zero-order valence-electron chi connectivity index (χ0n) is 26.8. The van der Waals surface area contributed by atoms with Crippen LogP contribution in [-0.2, 0) is 32.6 Å². The van der Waals surface area contributed by atoms with E-state index in [9.17, 15) is 18.0 Å². The van der Waals surface area contributed by atoms with Gasteiger partial charge in [0.1, 0.15) is 18.4 Å². The average molecular weight is 644 g/mol. The van der Waals surface area contributed by atoms with Crippen LogP contribution < -0.4 is 9.62 Å². The SMILES string of the molecule is CC[C@@H](C)NC(=O)[C@H](Cc1ccccc1)N(Cc1ccccc1F)C(=O)CN(c1ccc(C(C)C)cc1)S(=O)(=O)c1ccccc1. The number of nitrogens with zero attached hydrogens (tertiary/aromatic N) is 2. The first-order chi connectivity index (χ1) is 22.0. The van der Waals surface area contributed by atoms with Gasteiger partial charge >= 0.3 is 0 Å². The highest BCUT2D eigenvalue weighted by atomic mass is 32.2. The number of carbonyl (C=O) groups is 2. The molecule has 4 rings (SSSR count). The van der Waals surface area contributed by atoms with Gasteiger partial charge in [-0.2, -0.15) is 0 Å². The van der Waals surface area contributed by atoms with Crippen LogP contribution in [-0.4, -0.2) is 43.8 Å². The van der Waals surface area contributed by atoms with Crippen molar-refractivity contribution >= 4 is 27.5 Å². The van der Waals surface area contributed by atoms with E-state index in [4.69, 9.17) is 0 Å². The van der Waals surface area contributed by atoms with E-state index in [2.05, 4.69) is 5.32 Å². The van der Waals surface area contributed by atoms with Crippen LogP contribution in [0.25, 0.3) is 0 Å². The molecule has 0 spiro atoms. The number of sulfonamides is 1. The summed E-state index contributed by atoms with van der Waals surface area (Å²) in [5, 5.41) is 2.99. The fraction of sp³-hybridized carbons (Fsp3) is 0.297. The molecule has 0 saturated heterocycles. The maximum Gasteiger partial charge on any atom is 0.264 e. The lowest BCUT2D eigenvalue weighted by Crippen LogP contribution is -2.54. The molecule has 4 aromatic rings. The normalized spacial score (nSPS) is 12.7. The molecule has 0 heterocycles. The molecule has 0 unspecified atom stereocenters. The molecule has 0 fully saturated rings. The molecular weight excluding hydrogens is 601 g/mol. The molecular formula is C37H42FN3O4S. The Labute approximate surface area is 272 Å². The lowest BCUT2D eigenvalue weighted by molar-refractivity contribution is -0.140. The molecule has 0 bridgehead atoms. The molecule has 0 aliphatic carbocycles. The third-order valence-corrected chi connectivity index (χ3v) is 9.82. The Hall–Kier alpha value is -4.50. The van der Waals surface area contributed by atoms with Crippen molar-refractivity contribution in [1.29, 1.82) is 0 Å². The van der Waals surface area contributed by atoms with E-state index >= 15 is 4.39 Å². The van der Waals surface area contributed by atoms with Gasteiger partial charge in [-0.15, -0.1) is 0 Å². The van der Waals surface area contributed by atoms with Crippen molar-refractivity contribution in [2.45, 2.75) is 70.0 Å². The van der Waals surface area contributed by atoms with Crippen LogP contribution in [0.15, 0.2) is 114 Å². The standard InChI is InChI=1S/C37H42FN3O4S/c1-5-28(4)39-37(43)35(24-29-14-8-6-9-15-29)40(25-31-16-12-13-19-34(31)38)36(42)26-41(32-22-20-30(21-23-32)27(2)3)46(44,45)33-17-10-7-11-18-33/h6-23,27-28,35H,5,24-26H2,1-4H3,(H,39,43)/t28-,35+/m1/s1. The second-order valence-corrected chi connectivity index (χ2v) is 13.6. The van der Waals surface area contributed by atoms with Gasteiger partial charge < -0.3 is 10.2 Å². The topological polar surface area (TPSA) is 86.8 Å². The summed E-state index contributed by atoms with van der Waals surface area (Å²) in [6, 6.07) is 29.1. The summed E-state index contributed by atoms with van der Waals surface area (Å²) in [5.74, 6) is -1.36. The fourth-order valence-corrected chi connectivity index (χ4v) is 6.51. The Morgan fingerprint density at radius 1 is 0.804 bits per heavy atom. The minimum absolute atomic E-state index is 0.0201. The minimum atomic E-state index is -4.21. The summed E-state index contributed by atoms with van der Waals surface area (Å²) >= 11 is 0. The third-order valence-electron chi connectivity index (χ3n) is 8.03. The van der Waals surface area contributed by atoms with E-state index in [0.29, 0.717) is 12.1 Å². The Morgan fingerprint density at radius 2 is 1.39 bits per heavy atom. The van der Waals surface area contributed by atoms with Gasteiger partial charge in [0, 0.05) is 24.6 Å². The molecule has 0 radical (unpaired) electrons. The van der Waals surface area contributed by atoms with Gasteiger partial charge in [-0.3, -0.25) is 13.9 Å². The van der Waals surface area contributed by atoms with Crippen molar-refractivity contribution in [3.63, 3.8) is 0 Å². The lowest BCUT2D eigenvalue weighted by Gasteiger charge is -2.34. The summed E-state index contributed by atoms with van der Waals surface area (Å²) < 4.78 is 44.4. The number of hydrogen-bond acceptors (Lipinski definition) is 4. The Morgan fingerprint density at radius 3 is 1.98 bits per heavy atom. The zero-order valence-corrected chi connectivity index (χ0v) is 27.6. The van der Waals surface area contributed by atoms with Crippen molar-refractivity contribution in [1.82, 2.24) is 10.2 Å². The van der Waals surface area contributed by atoms with Gasteiger partial charge in [0.25, 0.3) is 10.0 Å². The number of benzene rings is 4. The van der Waals surface area contributed by atoms with Crippen LogP contribution in [0.2, 0.25) is 0 Å². The minimum Gasteiger partial charge on any atom is -0.352 e. The fourth-order valence-electron chi connectivity index (χ4n) is 5.08. The highest BCUT2D eigenvalue weighted by Crippen LogP contribution is 2.27. The van der Waals surface area contributed by atoms with E-state index < -0.39 is 40.2 Å².